The summed E-state index contributed by atoms with van der Waals surface area (Å²) in [6, 6.07) is 4.68. The lowest BCUT2D eigenvalue weighted by Gasteiger charge is -1.98. The van der Waals surface area contributed by atoms with Crippen molar-refractivity contribution in [2.24, 2.45) is 0 Å². The third-order valence-electron chi connectivity index (χ3n) is 1.94. The Morgan fingerprint density at radius 3 is 2.75 bits per heavy atom. The van der Waals surface area contributed by atoms with E-state index in [0.717, 1.165) is 5.69 Å². The van der Waals surface area contributed by atoms with Gasteiger partial charge in [-0.15, -0.1) is 0 Å². The summed E-state index contributed by atoms with van der Waals surface area (Å²) in [4.78, 5) is 14.6. The Labute approximate surface area is 95.7 Å². The zero-order chi connectivity index (χ0) is 11.7. The Balaban J connectivity index is 2.46. The van der Waals surface area contributed by atoms with Gasteiger partial charge in [-0.3, -0.25) is 0 Å². The molecule has 0 aliphatic heterocycles. The van der Waals surface area contributed by atoms with Crippen LogP contribution >= 0.6 is 11.6 Å². The number of nitrogens with zero attached hydrogens (tertiary/aromatic N) is 2. The van der Waals surface area contributed by atoms with Crippen LogP contribution in [-0.4, -0.2) is 21.2 Å². The minimum atomic E-state index is -1.16. The normalized spacial score (nSPS) is 10.4. The molecule has 0 aliphatic rings. The van der Waals surface area contributed by atoms with Crippen LogP contribution in [0.4, 0.5) is 0 Å². The van der Waals surface area contributed by atoms with Gasteiger partial charge in [-0.05, 0) is 19.1 Å². The second kappa shape index (κ2) is 3.94. The van der Waals surface area contributed by atoms with Crippen LogP contribution < -0.4 is 0 Å². The van der Waals surface area contributed by atoms with E-state index in [9.17, 15) is 4.79 Å². The van der Waals surface area contributed by atoms with Crippen LogP contribution in [0.3, 0.4) is 0 Å². The summed E-state index contributed by atoms with van der Waals surface area (Å²) in [5.41, 5.74) is 1.82. The van der Waals surface area contributed by atoms with E-state index in [1.807, 2.05) is 0 Å². The molecule has 82 valence electrons. The maximum Gasteiger partial charge on any atom is 0.374 e. The zero-order valence-electron chi connectivity index (χ0n) is 8.27. The van der Waals surface area contributed by atoms with Gasteiger partial charge in [-0.2, -0.15) is 0 Å². The second-order valence-electron chi connectivity index (χ2n) is 3.20. The summed E-state index contributed by atoms with van der Waals surface area (Å²) in [6.45, 7) is 1.79. The predicted octanol–water partition coefficient (Wildman–Crippen LogP) is 2.40. The molecule has 0 fully saturated rings. The molecule has 0 aromatic carbocycles. The Kier molecular flexibility index (Phi) is 2.62. The van der Waals surface area contributed by atoms with Crippen molar-refractivity contribution in [3.63, 3.8) is 0 Å². The fourth-order valence-electron chi connectivity index (χ4n) is 1.29. The van der Waals surface area contributed by atoms with E-state index in [-0.39, 0.29) is 5.76 Å². The molecule has 0 spiro atoms. The van der Waals surface area contributed by atoms with Crippen LogP contribution in [0, 0.1) is 6.92 Å². The lowest BCUT2D eigenvalue weighted by molar-refractivity contribution is 0.0652. The molecule has 0 radical (unpaired) electrons. The summed E-state index contributed by atoms with van der Waals surface area (Å²) in [5, 5.41) is 12.7. The first kappa shape index (κ1) is 10.6. The first-order valence-corrected chi connectivity index (χ1v) is 4.78. The van der Waals surface area contributed by atoms with E-state index in [4.69, 9.17) is 16.7 Å². The van der Waals surface area contributed by atoms with Gasteiger partial charge in [0, 0.05) is 17.3 Å². The highest BCUT2D eigenvalue weighted by atomic mass is 35.5. The second-order valence-corrected chi connectivity index (χ2v) is 3.59. The van der Waals surface area contributed by atoms with Crippen molar-refractivity contribution in [3.05, 3.63) is 34.8 Å². The number of aryl methyl sites for hydroxylation is 1. The number of aromatic carboxylic acids is 1. The molecule has 2 heterocycles. The molecule has 1 N–H and O–H groups in total. The maximum atomic E-state index is 10.6. The van der Waals surface area contributed by atoms with E-state index in [1.165, 1.54) is 6.07 Å². The monoisotopic (exact) mass is 238 g/mol. The number of pyridine rings is 1. The van der Waals surface area contributed by atoms with Crippen LogP contribution in [0.5, 0.6) is 0 Å². The quantitative estimate of drug-likeness (QED) is 0.813. The number of carboxylic acids is 1. The summed E-state index contributed by atoms with van der Waals surface area (Å²) >= 11 is 5.78. The van der Waals surface area contributed by atoms with E-state index >= 15 is 0 Å². The number of aromatic nitrogens is 2. The molecule has 5 nitrogen and oxygen atoms in total. The summed E-state index contributed by atoms with van der Waals surface area (Å²) < 4.78 is 4.65. The predicted molar refractivity (Wildman–Crippen MR) is 56.4 cm³/mol. The van der Waals surface area contributed by atoms with Gasteiger partial charge in [0.25, 0.3) is 0 Å². The molecule has 0 saturated carbocycles. The van der Waals surface area contributed by atoms with Gasteiger partial charge in [0.05, 0.1) is 0 Å². The van der Waals surface area contributed by atoms with Gasteiger partial charge in [-0.25, -0.2) is 9.78 Å². The molecule has 0 atom stereocenters. The van der Waals surface area contributed by atoms with Crippen molar-refractivity contribution in [3.8, 4) is 11.3 Å². The molecular formula is C10H7ClN2O3. The highest BCUT2D eigenvalue weighted by Crippen LogP contribution is 2.22. The van der Waals surface area contributed by atoms with Crippen molar-refractivity contribution in [1.29, 1.82) is 0 Å². The molecule has 2 aromatic heterocycles. The fraction of sp³-hybridized carbons (Fsp3) is 0.100. The number of halogens is 1. The third-order valence-corrected chi connectivity index (χ3v) is 2.13. The van der Waals surface area contributed by atoms with Crippen molar-refractivity contribution in [2.75, 3.05) is 0 Å². The lowest BCUT2D eigenvalue weighted by atomic mass is 10.1. The average Bonchev–Trinajstić information content (AvgIpc) is 2.64. The first-order chi connectivity index (χ1) is 7.56. The lowest BCUT2D eigenvalue weighted by Crippen LogP contribution is -1.91. The van der Waals surface area contributed by atoms with Crippen molar-refractivity contribution < 1.29 is 14.4 Å². The van der Waals surface area contributed by atoms with E-state index in [0.29, 0.717) is 16.4 Å². The largest absolute Gasteiger partial charge is 0.475 e. The molecule has 2 rings (SSSR count). The molecule has 0 aliphatic carbocycles. The maximum absolute atomic E-state index is 10.6. The standard InChI is InChI=1S/C10H7ClN2O3/c1-5-2-6(3-9(11)12-5)7-4-8(10(14)15)16-13-7/h2-4H,1H3,(H,14,15). The van der Waals surface area contributed by atoms with Crippen LogP contribution in [0.25, 0.3) is 11.3 Å². The molecule has 6 heteroatoms. The third kappa shape index (κ3) is 2.04. The molecule has 0 bridgehead atoms. The van der Waals surface area contributed by atoms with E-state index < -0.39 is 5.97 Å². The minimum Gasteiger partial charge on any atom is -0.475 e. The zero-order valence-corrected chi connectivity index (χ0v) is 9.02. The number of rotatable bonds is 2. The van der Waals surface area contributed by atoms with Crippen molar-refractivity contribution >= 4 is 17.6 Å². The fourth-order valence-corrected chi connectivity index (χ4v) is 1.54. The van der Waals surface area contributed by atoms with Crippen molar-refractivity contribution in [2.45, 2.75) is 6.92 Å². The molecule has 0 saturated heterocycles. The molecule has 2 aromatic rings. The van der Waals surface area contributed by atoms with Gasteiger partial charge in [-0.1, -0.05) is 16.8 Å². The highest BCUT2D eigenvalue weighted by Gasteiger charge is 2.13. The smallest absolute Gasteiger partial charge is 0.374 e. The van der Waals surface area contributed by atoms with E-state index in [1.54, 1.807) is 19.1 Å². The van der Waals surface area contributed by atoms with Gasteiger partial charge in [0.1, 0.15) is 10.8 Å². The summed E-state index contributed by atoms with van der Waals surface area (Å²) in [5.74, 6) is -1.36. The van der Waals surface area contributed by atoms with E-state index in [2.05, 4.69) is 14.7 Å². The van der Waals surface area contributed by atoms with Crippen LogP contribution in [0.15, 0.2) is 22.7 Å². The Morgan fingerprint density at radius 1 is 1.44 bits per heavy atom. The number of hydrogen-bond acceptors (Lipinski definition) is 4. The SMILES string of the molecule is Cc1cc(-c2cc(C(=O)O)on2)cc(Cl)n1. The Morgan fingerprint density at radius 2 is 2.19 bits per heavy atom. The van der Waals surface area contributed by atoms with Gasteiger partial charge < -0.3 is 9.63 Å². The highest BCUT2D eigenvalue weighted by molar-refractivity contribution is 6.29. The minimum absolute atomic E-state index is 0.208. The first-order valence-electron chi connectivity index (χ1n) is 4.41. The number of hydrogen-bond donors (Lipinski definition) is 1. The molecular weight excluding hydrogens is 232 g/mol. The molecule has 0 amide bonds. The molecule has 0 unspecified atom stereocenters. The Bertz CT molecular complexity index is 530. The van der Waals surface area contributed by atoms with Crippen LogP contribution in [0.2, 0.25) is 5.15 Å². The summed E-state index contributed by atoms with van der Waals surface area (Å²) in [6.07, 6.45) is 0. The summed E-state index contributed by atoms with van der Waals surface area (Å²) in [7, 11) is 0. The van der Waals surface area contributed by atoms with Gasteiger partial charge in [0.2, 0.25) is 5.76 Å². The van der Waals surface area contributed by atoms with Gasteiger partial charge in [0.15, 0.2) is 0 Å². The van der Waals surface area contributed by atoms with Gasteiger partial charge >= 0.3 is 5.97 Å². The Hall–Kier alpha value is -1.88. The number of carboxylic acid groups (broad SMARTS) is 1. The molecule has 16 heavy (non-hydrogen) atoms. The van der Waals surface area contributed by atoms with Crippen molar-refractivity contribution in [1.82, 2.24) is 10.1 Å². The topological polar surface area (TPSA) is 76.2 Å². The average molecular weight is 239 g/mol. The van der Waals surface area contributed by atoms with Crippen LogP contribution in [-0.2, 0) is 0 Å². The number of carbonyl (C=O) groups is 1. The van der Waals surface area contributed by atoms with Crippen LogP contribution in [0.1, 0.15) is 16.2 Å².